The minimum Gasteiger partial charge on any atom is -0.480 e. The Hall–Kier alpha value is -1.30. The quantitative estimate of drug-likeness (QED) is 0.795. The van der Waals surface area contributed by atoms with Gasteiger partial charge in [-0.15, -0.1) is 0 Å². The van der Waals surface area contributed by atoms with Gasteiger partial charge in [0.25, 0.3) is 0 Å². The Morgan fingerprint density at radius 1 is 1.60 bits per heavy atom. The topological polar surface area (TPSA) is 76.4 Å². The highest BCUT2D eigenvalue weighted by atomic mass is 32.2. The molecule has 6 heteroatoms. The molecule has 5 nitrogen and oxygen atoms in total. The first kappa shape index (κ1) is 11.8. The summed E-state index contributed by atoms with van der Waals surface area (Å²) in [6, 6.07) is 1.71. The van der Waals surface area contributed by atoms with E-state index in [1.807, 2.05) is 0 Å². The maximum Gasteiger partial charge on any atom is 0.322 e. The van der Waals surface area contributed by atoms with Gasteiger partial charge in [0.2, 0.25) is 0 Å². The van der Waals surface area contributed by atoms with Crippen LogP contribution < -0.4 is 0 Å². The summed E-state index contributed by atoms with van der Waals surface area (Å²) in [7, 11) is -1.77. The number of aromatic nitrogens is 1. The van der Waals surface area contributed by atoms with Crippen LogP contribution in [0.4, 0.5) is 0 Å². The van der Waals surface area contributed by atoms with Crippen molar-refractivity contribution >= 4 is 15.8 Å². The molecule has 0 aliphatic rings. The Morgan fingerprint density at radius 2 is 2.20 bits per heavy atom. The molecule has 0 amide bonds. The second-order valence-corrected chi connectivity index (χ2v) is 5.77. The van der Waals surface area contributed by atoms with Crippen LogP contribution in [0.5, 0.6) is 0 Å². The van der Waals surface area contributed by atoms with Crippen molar-refractivity contribution in [1.82, 2.24) is 4.57 Å². The van der Waals surface area contributed by atoms with Crippen LogP contribution in [0, 0.1) is 0 Å². The van der Waals surface area contributed by atoms with E-state index in [0.717, 1.165) is 6.26 Å². The summed E-state index contributed by atoms with van der Waals surface area (Å²) in [5.41, 5.74) is 0.704. The van der Waals surface area contributed by atoms with Crippen molar-refractivity contribution in [3.63, 3.8) is 0 Å². The zero-order valence-electron chi connectivity index (χ0n) is 8.54. The summed E-state index contributed by atoms with van der Waals surface area (Å²) in [5.74, 6) is -1.30. The zero-order chi connectivity index (χ0) is 11.6. The fourth-order valence-corrected chi connectivity index (χ4v) is 2.18. The van der Waals surface area contributed by atoms with E-state index in [4.69, 9.17) is 5.11 Å². The molecule has 84 valence electrons. The molecule has 0 saturated carbocycles. The highest BCUT2D eigenvalue weighted by molar-refractivity contribution is 7.92. The van der Waals surface area contributed by atoms with E-state index >= 15 is 0 Å². The van der Waals surface area contributed by atoms with Gasteiger partial charge in [0.15, 0.2) is 15.1 Å². The predicted octanol–water partition coefficient (Wildman–Crippen LogP) is 0.0654. The summed E-state index contributed by atoms with van der Waals surface area (Å²) in [5, 5.41) is 7.43. The summed E-state index contributed by atoms with van der Waals surface area (Å²) in [6.45, 7) is 0. The van der Waals surface area contributed by atoms with Crippen LogP contribution in [-0.4, -0.2) is 35.6 Å². The molecule has 1 rings (SSSR count). The first-order valence-corrected chi connectivity index (χ1v) is 6.28. The molecule has 1 unspecified atom stereocenters. The Bertz CT molecular complexity index is 460. The standard InChI is InChI=1S/C9H13NO4S/c1-10-4-3-7(6-10)5-8(9(11)12)15(2,13)14/h3-4,6,8H,5H2,1-2H3,(H,11,12). The molecular weight excluding hydrogens is 218 g/mol. The lowest BCUT2D eigenvalue weighted by Gasteiger charge is -2.08. The molecule has 0 aromatic carbocycles. The molecule has 0 spiro atoms. The fraction of sp³-hybridized carbons (Fsp3) is 0.444. The van der Waals surface area contributed by atoms with E-state index < -0.39 is 21.1 Å². The fourth-order valence-electron chi connectivity index (χ4n) is 1.32. The number of rotatable bonds is 4. The van der Waals surface area contributed by atoms with E-state index in [2.05, 4.69) is 0 Å². The van der Waals surface area contributed by atoms with Gasteiger partial charge in [0, 0.05) is 32.1 Å². The van der Waals surface area contributed by atoms with Crippen LogP contribution in [0.1, 0.15) is 5.56 Å². The molecule has 1 aromatic rings. The second kappa shape index (κ2) is 4.06. The van der Waals surface area contributed by atoms with E-state index in [1.165, 1.54) is 0 Å². The minimum absolute atomic E-state index is 0.00894. The van der Waals surface area contributed by atoms with E-state index in [0.29, 0.717) is 5.56 Å². The van der Waals surface area contributed by atoms with Crippen LogP contribution in [0.15, 0.2) is 18.5 Å². The smallest absolute Gasteiger partial charge is 0.322 e. The summed E-state index contributed by atoms with van der Waals surface area (Å²) in [6.07, 6.45) is 4.40. The van der Waals surface area contributed by atoms with Crippen molar-refractivity contribution in [3.05, 3.63) is 24.0 Å². The monoisotopic (exact) mass is 231 g/mol. The number of hydrogen-bond acceptors (Lipinski definition) is 3. The van der Waals surface area contributed by atoms with Gasteiger partial charge in [0.05, 0.1) is 0 Å². The van der Waals surface area contributed by atoms with Crippen LogP contribution in [-0.2, 0) is 28.1 Å². The molecule has 0 bridgehead atoms. The number of carbonyl (C=O) groups is 1. The van der Waals surface area contributed by atoms with Crippen molar-refractivity contribution in [1.29, 1.82) is 0 Å². The van der Waals surface area contributed by atoms with Crippen LogP contribution in [0.25, 0.3) is 0 Å². The third-order valence-corrected chi connectivity index (χ3v) is 3.51. The van der Waals surface area contributed by atoms with Crippen LogP contribution in [0.2, 0.25) is 0 Å². The average Bonchev–Trinajstić information content (AvgIpc) is 2.44. The molecule has 1 aromatic heterocycles. The normalized spacial score (nSPS) is 13.7. The van der Waals surface area contributed by atoms with Gasteiger partial charge in [-0.2, -0.15) is 0 Å². The number of hydrogen-bond donors (Lipinski definition) is 1. The Labute approximate surface area is 88.3 Å². The summed E-state index contributed by atoms with van der Waals surface area (Å²) in [4.78, 5) is 10.8. The lowest BCUT2D eigenvalue weighted by Crippen LogP contribution is -2.31. The zero-order valence-corrected chi connectivity index (χ0v) is 9.36. The number of nitrogens with zero attached hydrogens (tertiary/aromatic N) is 1. The minimum atomic E-state index is -3.56. The number of aryl methyl sites for hydroxylation is 1. The van der Waals surface area contributed by atoms with Crippen molar-refractivity contribution in [2.24, 2.45) is 7.05 Å². The molecule has 0 fully saturated rings. The molecular formula is C9H13NO4S. The van der Waals surface area contributed by atoms with Gasteiger partial charge >= 0.3 is 5.97 Å². The maximum atomic E-state index is 11.2. The second-order valence-electron chi connectivity index (χ2n) is 3.55. The number of sulfone groups is 1. The third kappa shape index (κ3) is 3.09. The van der Waals surface area contributed by atoms with Crippen molar-refractivity contribution in [2.45, 2.75) is 11.7 Å². The highest BCUT2D eigenvalue weighted by Crippen LogP contribution is 2.10. The van der Waals surface area contributed by atoms with Gasteiger partial charge in [0.1, 0.15) is 0 Å². The predicted molar refractivity (Wildman–Crippen MR) is 55.4 cm³/mol. The van der Waals surface area contributed by atoms with Crippen molar-refractivity contribution in [2.75, 3.05) is 6.26 Å². The van der Waals surface area contributed by atoms with E-state index in [-0.39, 0.29) is 6.42 Å². The van der Waals surface area contributed by atoms with Gasteiger partial charge in [-0.05, 0) is 11.6 Å². The number of carboxylic acid groups (broad SMARTS) is 1. The molecule has 0 radical (unpaired) electrons. The van der Waals surface area contributed by atoms with E-state index in [1.54, 1.807) is 30.1 Å². The van der Waals surface area contributed by atoms with Crippen LogP contribution in [0.3, 0.4) is 0 Å². The largest absolute Gasteiger partial charge is 0.480 e. The third-order valence-electron chi connectivity index (χ3n) is 2.11. The molecule has 1 atom stereocenters. The Kier molecular flexibility index (Phi) is 3.18. The molecule has 1 heterocycles. The Balaban J connectivity index is 2.90. The van der Waals surface area contributed by atoms with Crippen molar-refractivity contribution in [3.8, 4) is 0 Å². The van der Waals surface area contributed by atoms with Crippen molar-refractivity contribution < 1.29 is 18.3 Å². The first-order chi connectivity index (χ1) is 6.80. The lowest BCUT2D eigenvalue weighted by atomic mass is 10.2. The highest BCUT2D eigenvalue weighted by Gasteiger charge is 2.28. The average molecular weight is 231 g/mol. The van der Waals surface area contributed by atoms with Gasteiger partial charge < -0.3 is 9.67 Å². The first-order valence-electron chi connectivity index (χ1n) is 4.33. The molecule has 0 saturated heterocycles. The molecule has 1 N–H and O–H groups in total. The van der Waals surface area contributed by atoms with Gasteiger partial charge in [-0.3, -0.25) is 4.79 Å². The maximum absolute atomic E-state index is 11.2. The van der Waals surface area contributed by atoms with Crippen LogP contribution >= 0.6 is 0 Å². The summed E-state index contributed by atoms with van der Waals surface area (Å²) < 4.78 is 24.1. The lowest BCUT2D eigenvalue weighted by molar-refractivity contribution is -0.136. The number of aliphatic carboxylic acids is 1. The van der Waals surface area contributed by atoms with E-state index in [9.17, 15) is 13.2 Å². The van der Waals surface area contributed by atoms with Gasteiger partial charge in [-0.1, -0.05) is 0 Å². The SMILES string of the molecule is Cn1ccc(CC(C(=O)O)S(C)(=O)=O)c1. The molecule has 15 heavy (non-hydrogen) atoms. The Morgan fingerprint density at radius 3 is 2.53 bits per heavy atom. The molecule has 0 aliphatic carbocycles. The number of carboxylic acids is 1. The summed E-state index contributed by atoms with van der Waals surface area (Å²) >= 11 is 0. The molecule has 0 aliphatic heterocycles. The van der Waals surface area contributed by atoms with Gasteiger partial charge in [-0.25, -0.2) is 8.42 Å².